The Kier molecular flexibility index (Phi) is 3.91. The highest BCUT2D eigenvalue weighted by atomic mass is 16.3. The molecular formula is C18H17N5O2. The van der Waals surface area contributed by atoms with Gasteiger partial charge in [-0.2, -0.15) is 5.10 Å². The fourth-order valence-corrected chi connectivity index (χ4v) is 3.00. The van der Waals surface area contributed by atoms with Gasteiger partial charge >= 0.3 is 0 Å². The second kappa shape index (κ2) is 6.37. The van der Waals surface area contributed by atoms with Gasteiger partial charge in [0.05, 0.1) is 36.1 Å². The lowest BCUT2D eigenvalue weighted by Gasteiger charge is -2.15. The fraction of sp³-hybridized carbons (Fsp3) is 0.167. The van der Waals surface area contributed by atoms with Crippen molar-refractivity contribution in [1.82, 2.24) is 24.9 Å². The average molecular weight is 335 g/mol. The van der Waals surface area contributed by atoms with E-state index in [1.165, 1.54) is 6.20 Å². The standard InChI is InChI=1S/C18H17N5O2/c24-11-13(7-12-8-20-16-4-2-1-3-14(12)16)22-18(25)15-9-21-23-6-5-19-10-17(15)23/h1-6,8-10,13,20,24H,7,11H2,(H,22,25). The Hall–Kier alpha value is -3.19. The molecule has 0 saturated heterocycles. The van der Waals surface area contributed by atoms with Crippen LogP contribution in [0.1, 0.15) is 15.9 Å². The lowest BCUT2D eigenvalue weighted by molar-refractivity contribution is 0.0918. The summed E-state index contributed by atoms with van der Waals surface area (Å²) in [7, 11) is 0. The van der Waals surface area contributed by atoms with Crippen LogP contribution in [0.25, 0.3) is 16.4 Å². The summed E-state index contributed by atoms with van der Waals surface area (Å²) in [6.07, 6.45) is 8.83. The summed E-state index contributed by atoms with van der Waals surface area (Å²) in [5, 5.41) is 17.8. The van der Waals surface area contributed by atoms with Crippen molar-refractivity contribution >= 4 is 22.3 Å². The number of rotatable bonds is 5. The molecular weight excluding hydrogens is 318 g/mol. The predicted octanol–water partition coefficient (Wildman–Crippen LogP) is 1.54. The molecule has 0 aliphatic heterocycles. The second-order valence-electron chi connectivity index (χ2n) is 5.88. The zero-order chi connectivity index (χ0) is 17.2. The van der Waals surface area contributed by atoms with E-state index in [4.69, 9.17) is 0 Å². The number of benzene rings is 1. The minimum Gasteiger partial charge on any atom is -0.394 e. The zero-order valence-electron chi connectivity index (χ0n) is 13.4. The van der Waals surface area contributed by atoms with Crippen molar-refractivity contribution in [3.63, 3.8) is 0 Å². The summed E-state index contributed by atoms with van der Waals surface area (Å²) < 4.78 is 1.59. The van der Waals surface area contributed by atoms with Gasteiger partial charge in [-0.25, -0.2) is 4.52 Å². The van der Waals surface area contributed by atoms with E-state index in [1.807, 2.05) is 30.5 Å². The summed E-state index contributed by atoms with van der Waals surface area (Å²) in [4.78, 5) is 19.8. The van der Waals surface area contributed by atoms with Gasteiger partial charge in [0.25, 0.3) is 5.91 Å². The number of carbonyl (C=O) groups excluding carboxylic acids is 1. The largest absolute Gasteiger partial charge is 0.394 e. The minimum atomic E-state index is -0.390. The van der Waals surface area contributed by atoms with E-state index in [2.05, 4.69) is 20.4 Å². The van der Waals surface area contributed by atoms with Crippen LogP contribution >= 0.6 is 0 Å². The van der Waals surface area contributed by atoms with Gasteiger partial charge in [0.1, 0.15) is 0 Å². The average Bonchev–Trinajstić information content (AvgIpc) is 3.25. The molecule has 0 spiro atoms. The van der Waals surface area contributed by atoms with E-state index < -0.39 is 6.04 Å². The first-order chi connectivity index (χ1) is 12.3. The minimum absolute atomic E-state index is 0.150. The number of para-hydroxylation sites is 1. The van der Waals surface area contributed by atoms with E-state index in [0.29, 0.717) is 17.5 Å². The van der Waals surface area contributed by atoms with E-state index in [0.717, 1.165) is 16.5 Å². The monoisotopic (exact) mass is 335 g/mol. The van der Waals surface area contributed by atoms with E-state index in [9.17, 15) is 9.90 Å². The molecule has 0 bridgehead atoms. The van der Waals surface area contributed by atoms with Crippen molar-refractivity contribution in [2.75, 3.05) is 6.61 Å². The van der Waals surface area contributed by atoms with Crippen molar-refractivity contribution in [1.29, 1.82) is 0 Å². The van der Waals surface area contributed by atoms with Gasteiger partial charge in [-0.15, -0.1) is 0 Å². The molecule has 3 heterocycles. The maximum absolute atomic E-state index is 12.6. The molecule has 1 atom stereocenters. The number of aliphatic hydroxyl groups excluding tert-OH is 1. The number of aromatic amines is 1. The Labute approximate surface area is 143 Å². The van der Waals surface area contributed by atoms with Crippen LogP contribution in [0.15, 0.2) is 55.2 Å². The number of nitrogens with one attached hydrogen (secondary N) is 2. The van der Waals surface area contributed by atoms with Crippen molar-refractivity contribution < 1.29 is 9.90 Å². The molecule has 126 valence electrons. The molecule has 25 heavy (non-hydrogen) atoms. The number of hydrogen-bond acceptors (Lipinski definition) is 4. The fourth-order valence-electron chi connectivity index (χ4n) is 3.00. The number of amides is 1. The van der Waals surface area contributed by atoms with Crippen LogP contribution in [0.5, 0.6) is 0 Å². The van der Waals surface area contributed by atoms with Gasteiger partial charge in [0.2, 0.25) is 0 Å². The van der Waals surface area contributed by atoms with Crippen molar-refractivity contribution in [3.8, 4) is 0 Å². The van der Waals surface area contributed by atoms with Crippen LogP contribution in [0.4, 0.5) is 0 Å². The number of aromatic nitrogens is 4. The highest BCUT2D eigenvalue weighted by Gasteiger charge is 2.18. The summed E-state index contributed by atoms with van der Waals surface area (Å²) in [5.41, 5.74) is 3.15. The Morgan fingerprint density at radius 1 is 1.32 bits per heavy atom. The van der Waals surface area contributed by atoms with Crippen molar-refractivity contribution in [3.05, 3.63) is 66.4 Å². The first kappa shape index (κ1) is 15.3. The molecule has 0 fully saturated rings. The number of carbonyl (C=O) groups is 1. The summed E-state index contributed by atoms with van der Waals surface area (Å²) in [6.45, 7) is -0.150. The summed E-state index contributed by atoms with van der Waals surface area (Å²) in [6, 6.07) is 7.56. The maximum atomic E-state index is 12.6. The molecule has 4 rings (SSSR count). The zero-order valence-corrected chi connectivity index (χ0v) is 13.4. The third-order valence-electron chi connectivity index (χ3n) is 4.27. The van der Waals surface area contributed by atoms with Gasteiger partial charge in [-0.05, 0) is 18.1 Å². The van der Waals surface area contributed by atoms with Gasteiger partial charge < -0.3 is 15.4 Å². The normalized spacial score (nSPS) is 12.5. The van der Waals surface area contributed by atoms with Crippen molar-refractivity contribution in [2.45, 2.75) is 12.5 Å². The molecule has 3 N–H and O–H groups in total. The molecule has 1 amide bonds. The second-order valence-corrected chi connectivity index (χ2v) is 5.88. The molecule has 4 aromatic rings. The Balaban J connectivity index is 1.54. The van der Waals surface area contributed by atoms with Crippen LogP contribution in [0.2, 0.25) is 0 Å². The lowest BCUT2D eigenvalue weighted by Crippen LogP contribution is -2.39. The van der Waals surface area contributed by atoms with Gasteiger partial charge in [-0.3, -0.25) is 9.78 Å². The van der Waals surface area contributed by atoms with Crippen molar-refractivity contribution in [2.24, 2.45) is 0 Å². The number of aliphatic hydroxyl groups is 1. The molecule has 3 aromatic heterocycles. The van der Waals surface area contributed by atoms with E-state index in [1.54, 1.807) is 23.1 Å². The Bertz CT molecular complexity index is 1040. The molecule has 0 aliphatic carbocycles. The third kappa shape index (κ3) is 2.85. The molecule has 0 radical (unpaired) electrons. The molecule has 1 unspecified atom stereocenters. The van der Waals surface area contributed by atoms with Crippen LogP contribution < -0.4 is 5.32 Å². The van der Waals surface area contributed by atoms with Crippen LogP contribution in [-0.4, -0.2) is 43.2 Å². The van der Waals surface area contributed by atoms with E-state index in [-0.39, 0.29) is 12.5 Å². The molecule has 1 aromatic carbocycles. The smallest absolute Gasteiger partial charge is 0.255 e. The highest BCUT2D eigenvalue weighted by molar-refractivity contribution is 6.00. The highest BCUT2D eigenvalue weighted by Crippen LogP contribution is 2.19. The number of H-pyrrole nitrogens is 1. The molecule has 0 saturated carbocycles. The van der Waals surface area contributed by atoms with Crippen LogP contribution in [0, 0.1) is 0 Å². The first-order valence-corrected chi connectivity index (χ1v) is 8.00. The molecule has 0 aliphatic rings. The van der Waals surface area contributed by atoms with Gasteiger partial charge in [0, 0.05) is 29.5 Å². The number of nitrogens with zero attached hydrogens (tertiary/aromatic N) is 3. The van der Waals surface area contributed by atoms with Crippen LogP contribution in [0.3, 0.4) is 0 Å². The first-order valence-electron chi connectivity index (χ1n) is 8.00. The molecule has 7 heteroatoms. The number of hydrogen-bond donors (Lipinski definition) is 3. The third-order valence-corrected chi connectivity index (χ3v) is 4.27. The van der Waals surface area contributed by atoms with E-state index >= 15 is 0 Å². The Morgan fingerprint density at radius 3 is 3.08 bits per heavy atom. The maximum Gasteiger partial charge on any atom is 0.255 e. The summed E-state index contributed by atoms with van der Waals surface area (Å²) >= 11 is 0. The number of fused-ring (bicyclic) bond motifs is 2. The topological polar surface area (TPSA) is 95.3 Å². The predicted molar refractivity (Wildman–Crippen MR) is 93.3 cm³/mol. The Morgan fingerprint density at radius 2 is 2.20 bits per heavy atom. The molecule has 7 nitrogen and oxygen atoms in total. The SMILES string of the molecule is O=C(NC(CO)Cc1c[nH]c2ccccc12)c1cnn2ccncc12. The summed E-state index contributed by atoms with van der Waals surface area (Å²) in [5.74, 6) is -0.276. The lowest BCUT2D eigenvalue weighted by atomic mass is 10.1. The quantitative estimate of drug-likeness (QED) is 0.515. The van der Waals surface area contributed by atoms with Gasteiger partial charge in [-0.1, -0.05) is 18.2 Å². The van der Waals surface area contributed by atoms with Crippen LogP contribution in [-0.2, 0) is 6.42 Å². The van der Waals surface area contributed by atoms with Gasteiger partial charge in [0.15, 0.2) is 0 Å².